The standard InChI is InChI=1S/C25H26N4O4/c30-22-6-3-1-2-5-21(22)27-24(31)20-16-28(25(32)19-11-14-33-23(19)20)15-17-7-9-18(10-8-17)29-13-4-12-26-29/h4,7-14,16,21-22,30H,1-3,5-6,15H2,(H,27,31)/t21-,22-/m0/s1. The van der Waals surface area contributed by atoms with Gasteiger partial charge in [0.1, 0.15) is 0 Å². The van der Waals surface area contributed by atoms with Gasteiger partial charge in [-0.3, -0.25) is 9.59 Å². The van der Waals surface area contributed by atoms with Crippen molar-refractivity contribution in [3.63, 3.8) is 0 Å². The van der Waals surface area contributed by atoms with Crippen LogP contribution >= 0.6 is 0 Å². The summed E-state index contributed by atoms with van der Waals surface area (Å²) in [5.74, 6) is -0.344. The Balaban J connectivity index is 1.43. The lowest BCUT2D eigenvalue weighted by Gasteiger charge is -2.22. The number of carbonyl (C=O) groups is 1. The molecular formula is C25H26N4O4. The third-order valence-electron chi connectivity index (χ3n) is 6.28. The number of amides is 1. The summed E-state index contributed by atoms with van der Waals surface area (Å²) >= 11 is 0. The van der Waals surface area contributed by atoms with Gasteiger partial charge in [-0.25, -0.2) is 4.68 Å². The molecule has 3 heterocycles. The zero-order valence-corrected chi connectivity index (χ0v) is 18.2. The van der Waals surface area contributed by atoms with Crippen molar-refractivity contribution in [3.8, 4) is 5.69 Å². The zero-order chi connectivity index (χ0) is 22.8. The fourth-order valence-electron chi connectivity index (χ4n) is 4.47. The van der Waals surface area contributed by atoms with Gasteiger partial charge in [-0.15, -0.1) is 0 Å². The third-order valence-corrected chi connectivity index (χ3v) is 6.28. The van der Waals surface area contributed by atoms with Crippen molar-refractivity contribution in [2.45, 2.75) is 50.8 Å². The summed E-state index contributed by atoms with van der Waals surface area (Å²) in [6.45, 7) is 0.311. The molecule has 3 aromatic heterocycles. The lowest BCUT2D eigenvalue weighted by molar-refractivity contribution is 0.0818. The van der Waals surface area contributed by atoms with E-state index in [1.54, 1.807) is 23.1 Å². The SMILES string of the molecule is O=C(N[C@H]1CCCCC[C@@H]1O)c1cn(Cc2ccc(-n3cccn3)cc2)c(=O)c2ccoc12. The number of nitrogens with zero attached hydrogens (tertiary/aromatic N) is 3. The third kappa shape index (κ3) is 4.34. The van der Waals surface area contributed by atoms with E-state index in [0.717, 1.165) is 36.9 Å². The Morgan fingerprint density at radius 2 is 1.97 bits per heavy atom. The summed E-state index contributed by atoms with van der Waals surface area (Å²) < 4.78 is 8.80. The Bertz CT molecular complexity index is 1300. The number of aliphatic hydroxyl groups is 1. The van der Waals surface area contributed by atoms with Crippen LogP contribution in [0.15, 0.2) is 70.5 Å². The fourth-order valence-corrected chi connectivity index (χ4v) is 4.47. The predicted octanol–water partition coefficient (Wildman–Crippen LogP) is 3.25. The van der Waals surface area contributed by atoms with Gasteiger partial charge in [0.05, 0.1) is 41.6 Å². The molecule has 33 heavy (non-hydrogen) atoms. The van der Waals surface area contributed by atoms with Crippen molar-refractivity contribution in [3.05, 3.63) is 82.7 Å². The average Bonchev–Trinajstić information content (AvgIpc) is 3.49. The smallest absolute Gasteiger partial charge is 0.262 e. The number of aromatic nitrogens is 3. The zero-order valence-electron chi connectivity index (χ0n) is 18.2. The van der Waals surface area contributed by atoms with Gasteiger partial charge in [-0.2, -0.15) is 5.10 Å². The summed E-state index contributed by atoms with van der Waals surface area (Å²) in [6.07, 6.45) is 10.4. The summed E-state index contributed by atoms with van der Waals surface area (Å²) in [5.41, 5.74) is 2.18. The van der Waals surface area contributed by atoms with Gasteiger partial charge in [0.2, 0.25) is 0 Å². The van der Waals surface area contributed by atoms with E-state index in [0.29, 0.717) is 23.9 Å². The number of hydrogen-bond donors (Lipinski definition) is 2. The average molecular weight is 447 g/mol. The highest BCUT2D eigenvalue weighted by Crippen LogP contribution is 2.21. The van der Waals surface area contributed by atoms with Crippen molar-refractivity contribution >= 4 is 16.9 Å². The number of carbonyl (C=O) groups excluding carboxylic acids is 1. The van der Waals surface area contributed by atoms with Crippen molar-refractivity contribution in [1.29, 1.82) is 0 Å². The minimum atomic E-state index is -0.567. The molecular weight excluding hydrogens is 420 g/mol. The molecule has 0 aliphatic heterocycles. The molecule has 0 radical (unpaired) electrons. The highest BCUT2D eigenvalue weighted by Gasteiger charge is 2.26. The first-order valence-electron chi connectivity index (χ1n) is 11.3. The van der Waals surface area contributed by atoms with Crippen LogP contribution in [-0.2, 0) is 6.54 Å². The van der Waals surface area contributed by atoms with Crippen LogP contribution in [0.25, 0.3) is 16.7 Å². The molecule has 1 fully saturated rings. The Kier molecular flexibility index (Phi) is 5.83. The van der Waals surface area contributed by atoms with Crippen LogP contribution < -0.4 is 10.9 Å². The molecule has 170 valence electrons. The van der Waals surface area contributed by atoms with E-state index < -0.39 is 6.10 Å². The molecule has 5 rings (SSSR count). The molecule has 1 amide bonds. The molecule has 1 aliphatic rings. The molecule has 2 N–H and O–H groups in total. The molecule has 8 heteroatoms. The normalized spacial score (nSPS) is 18.8. The van der Waals surface area contributed by atoms with Crippen molar-refractivity contribution in [1.82, 2.24) is 19.7 Å². The van der Waals surface area contributed by atoms with Gasteiger partial charge in [-0.1, -0.05) is 31.4 Å². The van der Waals surface area contributed by atoms with E-state index in [4.69, 9.17) is 4.42 Å². The number of fused-ring (bicyclic) bond motifs is 1. The molecule has 1 saturated carbocycles. The van der Waals surface area contributed by atoms with Crippen LogP contribution in [0.3, 0.4) is 0 Å². The van der Waals surface area contributed by atoms with Gasteiger partial charge in [0.25, 0.3) is 11.5 Å². The minimum Gasteiger partial charge on any atom is -0.463 e. The number of benzene rings is 1. The second-order valence-electron chi connectivity index (χ2n) is 8.54. The highest BCUT2D eigenvalue weighted by molar-refractivity contribution is 6.04. The minimum absolute atomic E-state index is 0.221. The quantitative estimate of drug-likeness (QED) is 0.458. The van der Waals surface area contributed by atoms with Gasteiger partial charge >= 0.3 is 0 Å². The molecule has 1 aromatic carbocycles. The summed E-state index contributed by atoms with van der Waals surface area (Å²) in [4.78, 5) is 26.2. The predicted molar refractivity (Wildman–Crippen MR) is 123 cm³/mol. The van der Waals surface area contributed by atoms with Crippen LogP contribution in [0.4, 0.5) is 0 Å². The molecule has 0 saturated heterocycles. The van der Waals surface area contributed by atoms with E-state index in [1.165, 1.54) is 10.8 Å². The lowest BCUT2D eigenvalue weighted by atomic mass is 10.1. The van der Waals surface area contributed by atoms with Crippen LogP contribution in [0.1, 0.15) is 48.0 Å². The maximum Gasteiger partial charge on any atom is 0.262 e. The maximum absolute atomic E-state index is 13.2. The molecule has 0 spiro atoms. The van der Waals surface area contributed by atoms with E-state index >= 15 is 0 Å². The summed E-state index contributed by atoms with van der Waals surface area (Å²) in [6, 6.07) is 10.9. The van der Waals surface area contributed by atoms with E-state index in [-0.39, 0.29) is 23.1 Å². The van der Waals surface area contributed by atoms with Crippen LogP contribution in [-0.4, -0.2) is 37.5 Å². The molecule has 8 nitrogen and oxygen atoms in total. The Morgan fingerprint density at radius 3 is 2.76 bits per heavy atom. The maximum atomic E-state index is 13.2. The Labute approximate surface area is 190 Å². The van der Waals surface area contributed by atoms with Crippen LogP contribution in [0, 0.1) is 0 Å². The molecule has 0 bridgehead atoms. The number of rotatable bonds is 5. The molecule has 1 aliphatic carbocycles. The van der Waals surface area contributed by atoms with Crippen LogP contribution in [0.5, 0.6) is 0 Å². The fraction of sp³-hybridized carbons (Fsp3) is 0.320. The number of aliphatic hydroxyl groups excluding tert-OH is 1. The first-order valence-corrected chi connectivity index (χ1v) is 11.3. The second-order valence-corrected chi connectivity index (χ2v) is 8.54. The van der Waals surface area contributed by atoms with Gasteiger partial charge in [0.15, 0.2) is 5.58 Å². The van der Waals surface area contributed by atoms with E-state index in [1.807, 2.05) is 36.5 Å². The second kappa shape index (κ2) is 9.07. The van der Waals surface area contributed by atoms with Crippen LogP contribution in [0.2, 0.25) is 0 Å². The van der Waals surface area contributed by atoms with Crippen molar-refractivity contribution < 1.29 is 14.3 Å². The number of nitrogens with one attached hydrogen (secondary N) is 1. The van der Waals surface area contributed by atoms with E-state index in [2.05, 4.69) is 10.4 Å². The first-order chi connectivity index (χ1) is 16.1. The monoisotopic (exact) mass is 446 g/mol. The van der Waals surface area contributed by atoms with E-state index in [9.17, 15) is 14.7 Å². The number of pyridine rings is 1. The summed E-state index contributed by atoms with van der Waals surface area (Å²) in [5, 5.41) is 17.9. The van der Waals surface area contributed by atoms with Gasteiger partial charge in [0, 0.05) is 18.6 Å². The molecule has 4 aromatic rings. The Hall–Kier alpha value is -3.65. The van der Waals surface area contributed by atoms with Gasteiger partial charge in [-0.05, 0) is 42.7 Å². The number of furan rings is 1. The first kappa shape index (κ1) is 21.2. The van der Waals surface area contributed by atoms with Crippen molar-refractivity contribution in [2.75, 3.05) is 0 Å². The largest absolute Gasteiger partial charge is 0.463 e. The summed E-state index contributed by atoms with van der Waals surface area (Å²) in [7, 11) is 0. The van der Waals surface area contributed by atoms with Gasteiger partial charge < -0.3 is 19.4 Å². The topological polar surface area (TPSA) is 102 Å². The number of hydrogen-bond acceptors (Lipinski definition) is 5. The molecule has 0 unspecified atom stereocenters. The van der Waals surface area contributed by atoms with Crippen molar-refractivity contribution in [2.24, 2.45) is 0 Å². The lowest BCUT2D eigenvalue weighted by Crippen LogP contribution is -2.43. The Morgan fingerprint density at radius 1 is 1.15 bits per heavy atom. The molecule has 2 atom stereocenters. The highest BCUT2D eigenvalue weighted by atomic mass is 16.3.